The number of nitrogens with one attached hydrogen (secondary N) is 2. The van der Waals surface area contributed by atoms with Gasteiger partial charge in [-0.3, -0.25) is 0 Å². The molecule has 3 rings (SSSR count). The van der Waals surface area contributed by atoms with E-state index in [0.717, 1.165) is 30.2 Å². The Morgan fingerprint density at radius 1 is 1.11 bits per heavy atom. The minimum Gasteiger partial charge on any atom is -0.491 e. The van der Waals surface area contributed by atoms with E-state index in [1.165, 1.54) is 5.56 Å². The van der Waals surface area contributed by atoms with Crippen molar-refractivity contribution in [3.63, 3.8) is 0 Å². The number of carbonyl (C=O) groups is 1. The topological polar surface area (TPSA) is 62.8 Å². The number of morpholine rings is 1. The van der Waals surface area contributed by atoms with Gasteiger partial charge in [-0.2, -0.15) is 0 Å². The second-order valence-electron chi connectivity index (χ2n) is 7.04. The quantitative estimate of drug-likeness (QED) is 0.713. The summed E-state index contributed by atoms with van der Waals surface area (Å²) in [5.74, 6) is 1.27. The predicted octanol–water partition coefficient (Wildman–Crippen LogP) is 3.85. The number of hydrogen-bond acceptors (Lipinski definition) is 4. The second kappa shape index (κ2) is 9.99. The highest BCUT2D eigenvalue weighted by Crippen LogP contribution is 2.27. The van der Waals surface area contributed by atoms with Gasteiger partial charge in [-0.1, -0.05) is 44.2 Å². The smallest absolute Gasteiger partial charge is 0.319 e. The van der Waals surface area contributed by atoms with Gasteiger partial charge >= 0.3 is 6.03 Å². The van der Waals surface area contributed by atoms with Gasteiger partial charge in [0.2, 0.25) is 0 Å². The number of hydrogen-bond donors (Lipinski definition) is 2. The Morgan fingerprint density at radius 3 is 2.61 bits per heavy atom. The number of benzene rings is 2. The summed E-state index contributed by atoms with van der Waals surface area (Å²) in [6.07, 6.45) is 0. The van der Waals surface area contributed by atoms with Crippen LogP contribution in [0.15, 0.2) is 48.5 Å². The number of anilines is 2. The SMILES string of the molecule is CC(C)c1ccccc1OCCNC(=O)Nc1ccccc1N1CCOCC1. The molecule has 0 unspecified atom stereocenters. The van der Waals surface area contributed by atoms with Gasteiger partial charge < -0.3 is 25.0 Å². The highest BCUT2D eigenvalue weighted by Gasteiger charge is 2.15. The van der Waals surface area contributed by atoms with E-state index < -0.39 is 0 Å². The first kappa shape index (κ1) is 20.0. The van der Waals surface area contributed by atoms with E-state index in [-0.39, 0.29) is 6.03 Å². The molecule has 0 aromatic heterocycles. The number of ether oxygens (including phenoxy) is 2. The van der Waals surface area contributed by atoms with Crippen molar-refractivity contribution in [1.29, 1.82) is 0 Å². The molecule has 1 heterocycles. The summed E-state index contributed by atoms with van der Waals surface area (Å²) in [6.45, 7) is 8.18. The summed E-state index contributed by atoms with van der Waals surface area (Å²) >= 11 is 0. The zero-order valence-electron chi connectivity index (χ0n) is 16.6. The van der Waals surface area contributed by atoms with Crippen molar-refractivity contribution in [2.75, 3.05) is 49.7 Å². The molecule has 0 atom stereocenters. The molecule has 1 saturated heterocycles. The summed E-state index contributed by atoms with van der Waals surface area (Å²) in [5.41, 5.74) is 2.99. The molecular weight excluding hydrogens is 354 g/mol. The maximum absolute atomic E-state index is 12.3. The molecule has 6 heteroatoms. The third-order valence-electron chi connectivity index (χ3n) is 4.69. The highest BCUT2D eigenvalue weighted by molar-refractivity contribution is 5.93. The summed E-state index contributed by atoms with van der Waals surface area (Å²) in [4.78, 5) is 14.5. The number of urea groups is 1. The van der Waals surface area contributed by atoms with Crippen LogP contribution in [-0.4, -0.2) is 45.5 Å². The van der Waals surface area contributed by atoms with Crippen LogP contribution >= 0.6 is 0 Å². The Hall–Kier alpha value is -2.73. The average Bonchev–Trinajstić information content (AvgIpc) is 2.72. The number of rotatable bonds is 7. The summed E-state index contributed by atoms with van der Waals surface area (Å²) < 4.78 is 11.3. The molecule has 0 radical (unpaired) electrons. The van der Waals surface area contributed by atoms with Crippen LogP contribution in [0, 0.1) is 0 Å². The van der Waals surface area contributed by atoms with Gasteiger partial charge in [0.15, 0.2) is 0 Å². The van der Waals surface area contributed by atoms with E-state index in [2.05, 4.69) is 35.4 Å². The lowest BCUT2D eigenvalue weighted by molar-refractivity contribution is 0.123. The first-order valence-corrected chi connectivity index (χ1v) is 9.83. The fourth-order valence-corrected chi connectivity index (χ4v) is 3.24. The molecule has 2 N–H and O–H groups in total. The summed E-state index contributed by atoms with van der Waals surface area (Å²) in [6, 6.07) is 15.6. The average molecular weight is 383 g/mol. The Kier molecular flexibility index (Phi) is 7.14. The van der Waals surface area contributed by atoms with Crippen molar-refractivity contribution in [3.8, 4) is 5.75 Å². The van der Waals surface area contributed by atoms with E-state index in [1.54, 1.807) is 0 Å². The largest absolute Gasteiger partial charge is 0.491 e. The van der Waals surface area contributed by atoms with Gasteiger partial charge in [0, 0.05) is 13.1 Å². The van der Waals surface area contributed by atoms with Crippen LogP contribution in [0.25, 0.3) is 0 Å². The summed E-state index contributed by atoms with van der Waals surface area (Å²) in [7, 11) is 0. The Bertz CT molecular complexity index is 773. The first-order valence-electron chi connectivity index (χ1n) is 9.83. The van der Waals surface area contributed by atoms with Gasteiger partial charge in [0.05, 0.1) is 31.1 Å². The van der Waals surface area contributed by atoms with Crippen LogP contribution in [0.2, 0.25) is 0 Å². The molecule has 6 nitrogen and oxygen atoms in total. The van der Waals surface area contributed by atoms with Gasteiger partial charge in [-0.15, -0.1) is 0 Å². The zero-order valence-corrected chi connectivity index (χ0v) is 16.6. The molecule has 0 saturated carbocycles. The molecule has 28 heavy (non-hydrogen) atoms. The van der Waals surface area contributed by atoms with E-state index in [1.807, 2.05) is 42.5 Å². The van der Waals surface area contributed by atoms with Crippen LogP contribution in [-0.2, 0) is 4.74 Å². The number of nitrogens with zero attached hydrogens (tertiary/aromatic N) is 1. The lowest BCUT2D eigenvalue weighted by Gasteiger charge is -2.30. The van der Waals surface area contributed by atoms with Gasteiger partial charge in [-0.25, -0.2) is 4.79 Å². The van der Waals surface area contributed by atoms with Crippen LogP contribution in [0.5, 0.6) is 5.75 Å². The van der Waals surface area contributed by atoms with Gasteiger partial charge in [0.1, 0.15) is 12.4 Å². The fraction of sp³-hybridized carbons (Fsp3) is 0.409. The Morgan fingerprint density at radius 2 is 1.82 bits per heavy atom. The van der Waals surface area contributed by atoms with Gasteiger partial charge in [0.25, 0.3) is 0 Å². The van der Waals surface area contributed by atoms with Crippen LogP contribution in [0.3, 0.4) is 0 Å². The molecule has 150 valence electrons. The third kappa shape index (κ3) is 5.39. The second-order valence-corrected chi connectivity index (χ2v) is 7.04. The van der Waals surface area contributed by atoms with Crippen molar-refractivity contribution in [3.05, 3.63) is 54.1 Å². The lowest BCUT2D eigenvalue weighted by atomic mass is 10.0. The fourth-order valence-electron chi connectivity index (χ4n) is 3.24. The molecule has 2 amide bonds. The maximum atomic E-state index is 12.3. The number of para-hydroxylation sites is 3. The van der Waals surface area contributed by atoms with E-state index in [4.69, 9.17) is 9.47 Å². The molecule has 0 aliphatic carbocycles. The van der Waals surface area contributed by atoms with Crippen LogP contribution < -0.4 is 20.3 Å². The van der Waals surface area contributed by atoms with Crippen molar-refractivity contribution < 1.29 is 14.3 Å². The van der Waals surface area contributed by atoms with Gasteiger partial charge in [-0.05, 0) is 29.7 Å². The van der Waals surface area contributed by atoms with Crippen LogP contribution in [0.1, 0.15) is 25.3 Å². The molecule has 1 aliphatic heterocycles. The minimum absolute atomic E-state index is 0.235. The van der Waals surface area contributed by atoms with Crippen molar-refractivity contribution >= 4 is 17.4 Å². The maximum Gasteiger partial charge on any atom is 0.319 e. The number of amides is 2. The molecule has 0 bridgehead atoms. The number of carbonyl (C=O) groups excluding carboxylic acids is 1. The van der Waals surface area contributed by atoms with E-state index >= 15 is 0 Å². The molecule has 2 aromatic carbocycles. The Balaban J connectivity index is 1.49. The minimum atomic E-state index is -0.235. The first-order chi connectivity index (χ1) is 13.6. The molecule has 2 aromatic rings. The summed E-state index contributed by atoms with van der Waals surface area (Å²) in [5, 5.41) is 5.81. The normalized spacial score (nSPS) is 14.0. The molecular formula is C22H29N3O3. The van der Waals surface area contributed by atoms with E-state index in [9.17, 15) is 4.79 Å². The van der Waals surface area contributed by atoms with Crippen molar-refractivity contribution in [2.24, 2.45) is 0 Å². The van der Waals surface area contributed by atoms with Crippen molar-refractivity contribution in [1.82, 2.24) is 5.32 Å². The van der Waals surface area contributed by atoms with Crippen molar-refractivity contribution in [2.45, 2.75) is 19.8 Å². The molecule has 1 aliphatic rings. The predicted molar refractivity (Wildman–Crippen MR) is 113 cm³/mol. The third-order valence-corrected chi connectivity index (χ3v) is 4.69. The standard InChI is InChI=1S/C22H29N3O3/c1-17(2)18-7-3-6-10-21(18)28-14-11-23-22(26)24-19-8-4-5-9-20(19)25-12-15-27-16-13-25/h3-10,17H,11-16H2,1-2H3,(H2,23,24,26). The molecule has 1 fully saturated rings. The van der Waals surface area contributed by atoms with E-state index in [0.29, 0.717) is 32.3 Å². The lowest BCUT2D eigenvalue weighted by Crippen LogP contribution is -2.37. The Labute approximate surface area is 166 Å². The highest BCUT2D eigenvalue weighted by atomic mass is 16.5. The molecule has 0 spiro atoms. The van der Waals surface area contributed by atoms with Crippen LogP contribution in [0.4, 0.5) is 16.2 Å². The monoisotopic (exact) mass is 383 g/mol. The zero-order chi connectivity index (χ0) is 19.8.